The Labute approximate surface area is 106 Å². The van der Waals surface area contributed by atoms with Crippen molar-refractivity contribution >= 4 is 6.09 Å². The molecule has 1 unspecified atom stereocenters. The minimum absolute atomic E-state index is 0.201. The molecule has 2 rings (SSSR count). The van der Waals surface area contributed by atoms with Gasteiger partial charge in [-0.3, -0.25) is 4.68 Å². The van der Waals surface area contributed by atoms with E-state index in [2.05, 4.69) is 5.10 Å². The standard InChI is InChI=1S/C12H19N3O3/c1-12(2,3)18-11(17)14-7-9(10(16)8-14)15-6-4-5-13-15/h4-6,9-10,16H,7-8H2,1-3H3/t9?,10-/m1/s1. The van der Waals surface area contributed by atoms with E-state index in [0.29, 0.717) is 6.54 Å². The summed E-state index contributed by atoms with van der Waals surface area (Å²) in [6.45, 7) is 6.16. The van der Waals surface area contributed by atoms with Crippen molar-refractivity contribution in [1.29, 1.82) is 0 Å². The van der Waals surface area contributed by atoms with Crippen molar-refractivity contribution in [3.63, 3.8) is 0 Å². The maximum Gasteiger partial charge on any atom is 0.410 e. The number of carbonyl (C=O) groups is 1. The number of aliphatic hydroxyl groups excluding tert-OH is 1. The van der Waals surface area contributed by atoms with E-state index < -0.39 is 17.8 Å². The Morgan fingerprint density at radius 3 is 2.72 bits per heavy atom. The van der Waals surface area contributed by atoms with Crippen LogP contribution in [0.3, 0.4) is 0 Å². The first-order valence-electron chi connectivity index (χ1n) is 6.02. The first kappa shape index (κ1) is 12.9. The SMILES string of the molecule is CC(C)(C)OC(=O)N1CC(n2cccn2)[C@H](O)C1. The topological polar surface area (TPSA) is 67.6 Å². The van der Waals surface area contributed by atoms with Crippen LogP contribution in [0.4, 0.5) is 4.79 Å². The molecule has 2 atom stereocenters. The van der Waals surface area contributed by atoms with E-state index in [1.54, 1.807) is 23.1 Å². The number of rotatable bonds is 1. The summed E-state index contributed by atoms with van der Waals surface area (Å²) >= 11 is 0. The highest BCUT2D eigenvalue weighted by Gasteiger charge is 2.37. The lowest BCUT2D eigenvalue weighted by atomic mass is 10.2. The van der Waals surface area contributed by atoms with E-state index in [1.807, 2.05) is 20.8 Å². The summed E-state index contributed by atoms with van der Waals surface area (Å²) in [5, 5.41) is 14.1. The number of aliphatic hydroxyl groups is 1. The molecule has 6 nitrogen and oxygen atoms in total. The summed E-state index contributed by atoms with van der Waals surface area (Å²) in [6, 6.07) is 1.59. The lowest BCUT2D eigenvalue weighted by Gasteiger charge is -2.24. The van der Waals surface area contributed by atoms with Crippen LogP contribution >= 0.6 is 0 Å². The van der Waals surface area contributed by atoms with E-state index in [4.69, 9.17) is 4.74 Å². The Balaban J connectivity index is 2.00. The molecule has 6 heteroatoms. The molecular weight excluding hydrogens is 234 g/mol. The van der Waals surface area contributed by atoms with Crippen LogP contribution in [-0.4, -0.2) is 50.7 Å². The van der Waals surface area contributed by atoms with Gasteiger partial charge in [0.15, 0.2) is 0 Å². The fourth-order valence-corrected chi connectivity index (χ4v) is 1.98. The second-order valence-electron chi connectivity index (χ2n) is 5.51. The molecule has 1 aliphatic heterocycles. The third kappa shape index (κ3) is 2.81. The molecule has 1 aliphatic rings. The highest BCUT2D eigenvalue weighted by Crippen LogP contribution is 2.23. The Hall–Kier alpha value is -1.56. The maximum absolute atomic E-state index is 11.9. The molecule has 0 saturated carbocycles. The summed E-state index contributed by atoms with van der Waals surface area (Å²) in [4.78, 5) is 13.4. The van der Waals surface area contributed by atoms with Gasteiger partial charge in [-0.05, 0) is 26.8 Å². The van der Waals surface area contributed by atoms with Crippen molar-refractivity contribution < 1.29 is 14.6 Å². The Bertz CT molecular complexity index is 411. The summed E-state index contributed by atoms with van der Waals surface area (Å²) < 4.78 is 6.96. The molecule has 0 aromatic carbocycles. The van der Waals surface area contributed by atoms with Crippen molar-refractivity contribution in [2.45, 2.75) is 38.5 Å². The van der Waals surface area contributed by atoms with E-state index >= 15 is 0 Å². The smallest absolute Gasteiger partial charge is 0.410 e. The molecule has 18 heavy (non-hydrogen) atoms. The molecule has 1 N–H and O–H groups in total. The number of likely N-dealkylation sites (tertiary alicyclic amines) is 1. The fourth-order valence-electron chi connectivity index (χ4n) is 1.98. The minimum Gasteiger partial charge on any atom is -0.444 e. The van der Waals surface area contributed by atoms with Crippen molar-refractivity contribution in [3.05, 3.63) is 18.5 Å². The van der Waals surface area contributed by atoms with E-state index in [0.717, 1.165) is 0 Å². The van der Waals surface area contributed by atoms with Crippen molar-refractivity contribution in [2.75, 3.05) is 13.1 Å². The maximum atomic E-state index is 11.9. The number of aromatic nitrogens is 2. The average Bonchev–Trinajstić information content (AvgIpc) is 2.82. The van der Waals surface area contributed by atoms with E-state index in [1.165, 1.54) is 4.90 Å². The van der Waals surface area contributed by atoms with Crippen LogP contribution in [0.25, 0.3) is 0 Å². The molecule has 100 valence electrons. The van der Waals surface area contributed by atoms with Crippen LogP contribution in [0.15, 0.2) is 18.5 Å². The molecule has 0 bridgehead atoms. The van der Waals surface area contributed by atoms with Gasteiger partial charge in [0.1, 0.15) is 5.60 Å². The van der Waals surface area contributed by atoms with Crippen LogP contribution in [0.5, 0.6) is 0 Å². The third-order valence-electron chi connectivity index (χ3n) is 2.78. The molecule has 1 aromatic heterocycles. The van der Waals surface area contributed by atoms with Crippen molar-refractivity contribution in [1.82, 2.24) is 14.7 Å². The first-order valence-corrected chi connectivity index (χ1v) is 6.02. The molecule has 1 amide bonds. The number of hydrogen-bond donors (Lipinski definition) is 1. The molecule has 1 fully saturated rings. The zero-order chi connectivity index (χ0) is 13.3. The largest absolute Gasteiger partial charge is 0.444 e. The zero-order valence-electron chi connectivity index (χ0n) is 10.9. The predicted molar refractivity (Wildman–Crippen MR) is 65.1 cm³/mol. The van der Waals surface area contributed by atoms with Gasteiger partial charge in [0, 0.05) is 18.9 Å². The second kappa shape index (κ2) is 4.61. The lowest BCUT2D eigenvalue weighted by molar-refractivity contribution is 0.0270. The van der Waals surface area contributed by atoms with Gasteiger partial charge >= 0.3 is 6.09 Å². The minimum atomic E-state index is -0.614. The Kier molecular flexibility index (Phi) is 3.30. The number of nitrogens with zero attached hydrogens (tertiary/aromatic N) is 3. The summed E-state index contributed by atoms with van der Waals surface area (Å²) in [7, 11) is 0. The number of hydrogen-bond acceptors (Lipinski definition) is 4. The number of ether oxygens (including phenoxy) is 1. The van der Waals surface area contributed by atoms with Crippen LogP contribution in [0.1, 0.15) is 26.8 Å². The van der Waals surface area contributed by atoms with Crippen molar-refractivity contribution in [2.24, 2.45) is 0 Å². The fraction of sp³-hybridized carbons (Fsp3) is 0.667. The summed E-state index contributed by atoms with van der Waals surface area (Å²) in [5.41, 5.74) is -0.522. The molecule has 1 saturated heterocycles. The highest BCUT2D eigenvalue weighted by molar-refractivity contribution is 5.68. The van der Waals surface area contributed by atoms with Gasteiger partial charge in [0.25, 0.3) is 0 Å². The third-order valence-corrected chi connectivity index (χ3v) is 2.78. The van der Waals surface area contributed by atoms with Gasteiger partial charge < -0.3 is 14.7 Å². The van der Waals surface area contributed by atoms with Crippen molar-refractivity contribution in [3.8, 4) is 0 Å². The van der Waals surface area contributed by atoms with E-state index in [-0.39, 0.29) is 12.6 Å². The molecule has 2 heterocycles. The first-order chi connectivity index (χ1) is 8.37. The summed E-state index contributed by atoms with van der Waals surface area (Å²) in [6.07, 6.45) is 2.43. The Morgan fingerprint density at radius 1 is 1.44 bits per heavy atom. The molecular formula is C12H19N3O3. The van der Waals surface area contributed by atoms with E-state index in [9.17, 15) is 9.90 Å². The van der Waals surface area contributed by atoms with Crippen LogP contribution < -0.4 is 0 Å². The van der Waals surface area contributed by atoms with Crippen LogP contribution in [0, 0.1) is 0 Å². The second-order valence-corrected chi connectivity index (χ2v) is 5.51. The van der Waals surface area contributed by atoms with Gasteiger partial charge in [0.05, 0.1) is 18.7 Å². The Morgan fingerprint density at radius 2 is 2.17 bits per heavy atom. The van der Waals surface area contributed by atoms with Gasteiger partial charge in [-0.1, -0.05) is 0 Å². The summed E-state index contributed by atoms with van der Waals surface area (Å²) in [5.74, 6) is 0. The quantitative estimate of drug-likeness (QED) is 0.812. The number of β-amino-alcohol motifs (C(OH)–C–C–N with tert-alkyl or cyclic N) is 1. The van der Waals surface area contributed by atoms with Crippen LogP contribution in [-0.2, 0) is 4.74 Å². The zero-order valence-corrected chi connectivity index (χ0v) is 10.9. The number of amides is 1. The van der Waals surface area contributed by atoms with Crippen LogP contribution in [0.2, 0.25) is 0 Å². The van der Waals surface area contributed by atoms with Gasteiger partial charge in [-0.2, -0.15) is 5.10 Å². The molecule has 1 aromatic rings. The average molecular weight is 253 g/mol. The van der Waals surface area contributed by atoms with Gasteiger partial charge in [0.2, 0.25) is 0 Å². The number of carbonyl (C=O) groups excluding carboxylic acids is 1. The van der Waals surface area contributed by atoms with Gasteiger partial charge in [-0.15, -0.1) is 0 Å². The lowest BCUT2D eigenvalue weighted by Crippen LogP contribution is -2.35. The highest BCUT2D eigenvalue weighted by atomic mass is 16.6. The molecule has 0 aliphatic carbocycles. The monoisotopic (exact) mass is 253 g/mol. The molecule has 0 radical (unpaired) electrons. The predicted octanol–water partition coefficient (Wildman–Crippen LogP) is 1.04. The van der Waals surface area contributed by atoms with Gasteiger partial charge in [-0.25, -0.2) is 4.79 Å². The molecule has 0 spiro atoms. The normalized spacial score (nSPS) is 24.3.